The first-order valence-electron chi connectivity index (χ1n) is 5.61. The molecule has 0 spiro atoms. The van der Waals surface area contributed by atoms with Crippen molar-refractivity contribution < 1.29 is 0 Å². The predicted octanol–water partition coefficient (Wildman–Crippen LogP) is 3.12. The Morgan fingerprint density at radius 3 is 2.75 bits per heavy atom. The van der Waals surface area contributed by atoms with Crippen LogP contribution < -0.4 is 4.90 Å². The van der Waals surface area contributed by atoms with Gasteiger partial charge in [-0.15, -0.1) is 11.6 Å². The molecule has 0 aliphatic heterocycles. The topological polar surface area (TPSA) is 29.0 Å². The van der Waals surface area contributed by atoms with Gasteiger partial charge in [0.1, 0.15) is 11.3 Å². The van der Waals surface area contributed by atoms with E-state index < -0.39 is 0 Å². The van der Waals surface area contributed by atoms with Crippen LogP contribution >= 0.6 is 23.2 Å². The fraction of sp³-hybridized carbons (Fsp3) is 0.636. The van der Waals surface area contributed by atoms with Crippen LogP contribution in [0.5, 0.6) is 0 Å². The molecule has 16 heavy (non-hydrogen) atoms. The van der Waals surface area contributed by atoms with E-state index in [0.29, 0.717) is 16.9 Å². The highest BCUT2D eigenvalue weighted by atomic mass is 35.5. The van der Waals surface area contributed by atoms with Crippen LogP contribution in [0.15, 0.2) is 12.5 Å². The van der Waals surface area contributed by atoms with Crippen molar-refractivity contribution in [2.75, 3.05) is 17.3 Å². The lowest BCUT2D eigenvalue weighted by atomic mass is 10.2. The van der Waals surface area contributed by atoms with Crippen LogP contribution in [0.3, 0.4) is 0 Å². The van der Waals surface area contributed by atoms with Crippen molar-refractivity contribution in [2.24, 2.45) is 0 Å². The van der Waals surface area contributed by atoms with Gasteiger partial charge in [0.2, 0.25) is 0 Å². The lowest BCUT2D eigenvalue weighted by molar-refractivity contribution is 0.614. The Hall–Kier alpha value is -0.540. The predicted molar refractivity (Wildman–Crippen MR) is 67.4 cm³/mol. The van der Waals surface area contributed by atoms with Crippen molar-refractivity contribution >= 4 is 29.0 Å². The molecule has 1 aromatic rings. The van der Waals surface area contributed by atoms with E-state index in [-0.39, 0.29) is 0 Å². The molecule has 1 saturated carbocycles. The first-order valence-corrected chi connectivity index (χ1v) is 6.52. The molecule has 0 radical (unpaired) electrons. The average Bonchev–Trinajstić information content (AvgIpc) is 2.80. The van der Waals surface area contributed by atoms with Crippen molar-refractivity contribution in [1.29, 1.82) is 0 Å². The van der Waals surface area contributed by atoms with E-state index in [1.807, 2.05) is 0 Å². The highest BCUT2D eigenvalue weighted by Gasteiger charge is 2.24. The highest BCUT2D eigenvalue weighted by molar-refractivity contribution is 6.32. The molecule has 1 aromatic heterocycles. The molecule has 1 aliphatic rings. The van der Waals surface area contributed by atoms with Gasteiger partial charge in [-0.25, -0.2) is 9.97 Å². The Morgan fingerprint density at radius 1 is 1.38 bits per heavy atom. The van der Waals surface area contributed by atoms with Gasteiger partial charge in [-0.2, -0.15) is 0 Å². The van der Waals surface area contributed by atoms with Gasteiger partial charge < -0.3 is 4.90 Å². The summed E-state index contributed by atoms with van der Waals surface area (Å²) in [5, 5.41) is 0.611. The van der Waals surface area contributed by atoms with Crippen LogP contribution in [0, 0.1) is 0 Å². The first-order chi connectivity index (χ1) is 7.83. The molecule has 1 fully saturated rings. The van der Waals surface area contributed by atoms with Gasteiger partial charge in [0.25, 0.3) is 0 Å². The van der Waals surface area contributed by atoms with Crippen LogP contribution in [0.2, 0.25) is 5.02 Å². The van der Waals surface area contributed by atoms with E-state index in [1.165, 1.54) is 32.0 Å². The summed E-state index contributed by atoms with van der Waals surface area (Å²) in [6.07, 6.45) is 8.16. The van der Waals surface area contributed by atoms with Gasteiger partial charge in [-0.3, -0.25) is 0 Å². The van der Waals surface area contributed by atoms with Crippen molar-refractivity contribution in [3.63, 3.8) is 0 Å². The molecule has 0 bridgehead atoms. The molecule has 0 unspecified atom stereocenters. The molecule has 88 valence electrons. The number of hydrogen-bond donors (Lipinski definition) is 0. The second-order valence-electron chi connectivity index (χ2n) is 4.01. The van der Waals surface area contributed by atoms with Crippen LogP contribution in [0.25, 0.3) is 0 Å². The Labute approximate surface area is 106 Å². The number of halogens is 2. The standard InChI is InChI=1S/C11H15Cl2N3/c12-5-6-16(9-3-1-2-4-9)11-10(13)7-14-8-15-11/h7-9H,1-6H2. The monoisotopic (exact) mass is 259 g/mol. The number of aromatic nitrogens is 2. The van der Waals surface area contributed by atoms with Crippen molar-refractivity contribution in [3.05, 3.63) is 17.5 Å². The Kier molecular flexibility index (Phi) is 4.24. The normalized spacial score (nSPS) is 16.6. The van der Waals surface area contributed by atoms with Gasteiger partial charge in [0.05, 0.1) is 6.20 Å². The third-order valence-corrected chi connectivity index (χ3v) is 3.45. The van der Waals surface area contributed by atoms with E-state index in [4.69, 9.17) is 23.2 Å². The largest absolute Gasteiger partial charge is 0.351 e. The molecule has 0 amide bonds. The highest BCUT2D eigenvalue weighted by Crippen LogP contribution is 2.30. The fourth-order valence-electron chi connectivity index (χ4n) is 2.29. The molecular formula is C11H15Cl2N3. The third-order valence-electron chi connectivity index (χ3n) is 3.01. The van der Waals surface area contributed by atoms with Gasteiger partial charge in [-0.05, 0) is 12.8 Å². The van der Waals surface area contributed by atoms with Gasteiger partial charge in [0.15, 0.2) is 5.82 Å². The van der Waals surface area contributed by atoms with Crippen molar-refractivity contribution in [3.8, 4) is 0 Å². The maximum atomic E-state index is 6.12. The number of alkyl halides is 1. The number of anilines is 1. The molecule has 0 atom stereocenters. The van der Waals surface area contributed by atoms with Crippen LogP contribution in [-0.2, 0) is 0 Å². The van der Waals surface area contributed by atoms with Crippen molar-refractivity contribution in [1.82, 2.24) is 9.97 Å². The smallest absolute Gasteiger partial charge is 0.151 e. The summed E-state index contributed by atoms with van der Waals surface area (Å²) in [5.41, 5.74) is 0. The molecule has 0 aromatic carbocycles. The lowest BCUT2D eigenvalue weighted by Gasteiger charge is -2.29. The summed E-state index contributed by atoms with van der Waals surface area (Å²) in [6, 6.07) is 0.533. The lowest BCUT2D eigenvalue weighted by Crippen LogP contribution is -2.35. The summed E-state index contributed by atoms with van der Waals surface area (Å²) in [7, 11) is 0. The molecule has 1 aliphatic carbocycles. The van der Waals surface area contributed by atoms with Gasteiger partial charge in [0, 0.05) is 18.5 Å². The van der Waals surface area contributed by atoms with Gasteiger partial charge >= 0.3 is 0 Å². The summed E-state index contributed by atoms with van der Waals surface area (Å²) >= 11 is 12.0. The second-order valence-corrected chi connectivity index (χ2v) is 4.80. The van der Waals surface area contributed by atoms with E-state index >= 15 is 0 Å². The minimum absolute atomic E-state index is 0.533. The van der Waals surface area contributed by atoms with Crippen LogP contribution in [0.4, 0.5) is 5.82 Å². The molecule has 0 saturated heterocycles. The second kappa shape index (κ2) is 5.69. The molecule has 3 nitrogen and oxygen atoms in total. The SMILES string of the molecule is ClCCN(c1ncncc1Cl)C1CCCC1. The Bertz CT molecular complexity index is 340. The fourth-order valence-corrected chi connectivity index (χ4v) is 2.68. The number of rotatable bonds is 4. The van der Waals surface area contributed by atoms with E-state index in [9.17, 15) is 0 Å². The van der Waals surface area contributed by atoms with E-state index in [1.54, 1.807) is 6.20 Å². The summed E-state index contributed by atoms with van der Waals surface area (Å²) < 4.78 is 0. The molecule has 1 heterocycles. The van der Waals surface area contributed by atoms with Crippen LogP contribution in [-0.4, -0.2) is 28.4 Å². The Morgan fingerprint density at radius 2 is 2.12 bits per heavy atom. The first kappa shape index (κ1) is 11.9. The molecule has 0 N–H and O–H groups in total. The average molecular weight is 260 g/mol. The Balaban J connectivity index is 2.21. The molecular weight excluding hydrogens is 245 g/mol. The summed E-state index contributed by atoms with van der Waals surface area (Å²) in [6.45, 7) is 0.795. The maximum absolute atomic E-state index is 6.12. The summed E-state index contributed by atoms with van der Waals surface area (Å²) in [4.78, 5) is 10.4. The zero-order valence-corrected chi connectivity index (χ0v) is 10.6. The maximum Gasteiger partial charge on any atom is 0.151 e. The quantitative estimate of drug-likeness (QED) is 0.779. The molecule has 5 heteroatoms. The van der Waals surface area contributed by atoms with E-state index in [0.717, 1.165) is 12.4 Å². The minimum Gasteiger partial charge on any atom is -0.351 e. The zero-order valence-electron chi connectivity index (χ0n) is 9.07. The van der Waals surface area contributed by atoms with Gasteiger partial charge in [-0.1, -0.05) is 24.4 Å². The van der Waals surface area contributed by atoms with Crippen LogP contribution in [0.1, 0.15) is 25.7 Å². The number of hydrogen-bond acceptors (Lipinski definition) is 3. The van der Waals surface area contributed by atoms with Crippen molar-refractivity contribution in [2.45, 2.75) is 31.7 Å². The van der Waals surface area contributed by atoms with E-state index in [2.05, 4.69) is 14.9 Å². The number of nitrogens with zero attached hydrogens (tertiary/aromatic N) is 3. The molecule has 2 rings (SSSR count). The minimum atomic E-state index is 0.533. The summed E-state index contributed by atoms with van der Waals surface area (Å²) in [5.74, 6) is 1.42. The zero-order chi connectivity index (χ0) is 11.4. The third kappa shape index (κ3) is 2.58.